The first-order valence-electron chi connectivity index (χ1n) is 8.66. The van der Waals surface area contributed by atoms with Gasteiger partial charge in [0.1, 0.15) is 5.75 Å². The highest BCUT2D eigenvalue weighted by Crippen LogP contribution is 2.24. The van der Waals surface area contributed by atoms with E-state index in [1.807, 2.05) is 38.1 Å². The van der Waals surface area contributed by atoms with E-state index in [0.29, 0.717) is 18.2 Å². The molecule has 4 nitrogen and oxygen atoms in total. The maximum Gasteiger partial charge on any atom is 0.251 e. The Kier molecular flexibility index (Phi) is 6.46. The maximum atomic E-state index is 12.1. The first kappa shape index (κ1) is 17.8. The monoisotopic (exact) mass is 319 g/mol. The van der Waals surface area contributed by atoms with E-state index in [9.17, 15) is 9.90 Å². The minimum atomic E-state index is -0.0794. The minimum Gasteiger partial charge on any atom is -0.490 e. The number of amides is 1. The van der Waals surface area contributed by atoms with Crippen LogP contribution in [0.15, 0.2) is 24.3 Å². The summed E-state index contributed by atoms with van der Waals surface area (Å²) < 4.78 is 5.90. The van der Waals surface area contributed by atoms with E-state index in [1.54, 1.807) is 0 Å². The fourth-order valence-corrected chi connectivity index (χ4v) is 2.83. The van der Waals surface area contributed by atoms with Crippen LogP contribution >= 0.6 is 0 Å². The molecule has 0 aromatic heterocycles. The largest absolute Gasteiger partial charge is 0.490 e. The molecule has 4 heteroatoms. The SMILES string of the molecule is CC(C)(CO)CCCNC(=O)c1ccc(OC2CCCC2)cc1. The third-order valence-corrected chi connectivity index (χ3v) is 4.47. The van der Waals surface area contributed by atoms with Crippen molar-refractivity contribution >= 4 is 5.91 Å². The fourth-order valence-electron chi connectivity index (χ4n) is 2.83. The van der Waals surface area contributed by atoms with E-state index in [-0.39, 0.29) is 17.9 Å². The van der Waals surface area contributed by atoms with Gasteiger partial charge in [-0.05, 0) is 68.2 Å². The summed E-state index contributed by atoms with van der Waals surface area (Å²) in [5.41, 5.74) is 0.578. The molecule has 2 rings (SSSR count). The second kappa shape index (κ2) is 8.34. The molecule has 0 heterocycles. The Morgan fingerprint density at radius 2 is 1.91 bits per heavy atom. The highest BCUT2D eigenvalue weighted by molar-refractivity contribution is 5.94. The van der Waals surface area contributed by atoms with Crippen LogP contribution in [0.25, 0.3) is 0 Å². The molecule has 1 saturated carbocycles. The van der Waals surface area contributed by atoms with Gasteiger partial charge in [-0.15, -0.1) is 0 Å². The van der Waals surface area contributed by atoms with Crippen LogP contribution in [0.1, 0.15) is 62.7 Å². The van der Waals surface area contributed by atoms with Crippen molar-refractivity contribution in [2.75, 3.05) is 13.2 Å². The molecule has 1 fully saturated rings. The van der Waals surface area contributed by atoms with Gasteiger partial charge in [-0.3, -0.25) is 4.79 Å². The van der Waals surface area contributed by atoms with Crippen molar-refractivity contribution < 1.29 is 14.6 Å². The lowest BCUT2D eigenvalue weighted by Crippen LogP contribution is -2.26. The number of carbonyl (C=O) groups excluding carboxylic acids is 1. The van der Waals surface area contributed by atoms with Gasteiger partial charge in [0, 0.05) is 18.7 Å². The second-order valence-corrected chi connectivity index (χ2v) is 7.23. The van der Waals surface area contributed by atoms with Crippen molar-refractivity contribution in [1.82, 2.24) is 5.32 Å². The van der Waals surface area contributed by atoms with Gasteiger partial charge in [0.05, 0.1) is 6.10 Å². The molecular formula is C19H29NO3. The topological polar surface area (TPSA) is 58.6 Å². The second-order valence-electron chi connectivity index (χ2n) is 7.23. The molecule has 0 unspecified atom stereocenters. The van der Waals surface area contributed by atoms with E-state index < -0.39 is 0 Å². The molecule has 1 aromatic rings. The molecule has 0 radical (unpaired) electrons. The summed E-state index contributed by atoms with van der Waals surface area (Å²) in [5, 5.41) is 12.1. The van der Waals surface area contributed by atoms with Crippen LogP contribution < -0.4 is 10.1 Å². The van der Waals surface area contributed by atoms with Gasteiger partial charge < -0.3 is 15.2 Å². The molecule has 2 N–H and O–H groups in total. The van der Waals surface area contributed by atoms with Crippen molar-refractivity contribution in [2.45, 2.75) is 58.5 Å². The molecule has 1 aromatic carbocycles. The van der Waals surface area contributed by atoms with Gasteiger partial charge in [-0.2, -0.15) is 0 Å². The van der Waals surface area contributed by atoms with Crippen LogP contribution in [-0.4, -0.2) is 30.3 Å². The number of hydrogen-bond acceptors (Lipinski definition) is 3. The number of nitrogens with one attached hydrogen (secondary N) is 1. The molecule has 0 bridgehead atoms. The molecule has 0 aliphatic heterocycles. The summed E-state index contributed by atoms with van der Waals surface area (Å²) >= 11 is 0. The Hall–Kier alpha value is -1.55. The highest BCUT2D eigenvalue weighted by atomic mass is 16.5. The van der Waals surface area contributed by atoms with E-state index in [2.05, 4.69) is 5.32 Å². The Balaban J connectivity index is 1.74. The molecule has 0 saturated heterocycles. The predicted octanol–water partition coefficient (Wildman–Crippen LogP) is 3.54. The lowest BCUT2D eigenvalue weighted by atomic mass is 9.89. The van der Waals surface area contributed by atoms with Crippen LogP contribution in [0.2, 0.25) is 0 Å². The summed E-state index contributed by atoms with van der Waals surface area (Å²) in [4.78, 5) is 12.1. The molecule has 23 heavy (non-hydrogen) atoms. The molecular weight excluding hydrogens is 290 g/mol. The summed E-state index contributed by atoms with van der Waals surface area (Å²) in [7, 11) is 0. The van der Waals surface area contributed by atoms with Gasteiger partial charge in [-0.25, -0.2) is 0 Å². The standard InChI is InChI=1S/C19H29NO3/c1-19(2,14-21)12-5-13-20-18(22)15-8-10-17(11-9-15)23-16-6-3-4-7-16/h8-11,16,21H,3-7,12-14H2,1-2H3,(H,20,22). The lowest BCUT2D eigenvalue weighted by molar-refractivity contribution is 0.0948. The van der Waals surface area contributed by atoms with Crippen LogP contribution in [0.5, 0.6) is 5.75 Å². The van der Waals surface area contributed by atoms with Gasteiger partial charge in [0.2, 0.25) is 0 Å². The third-order valence-electron chi connectivity index (χ3n) is 4.47. The highest BCUT2D eigenvalue weighted by Gasteiger charge is 2.17. The van der Waals surface area contributed by atoms with E-state index >= 15 is 0 Å². The van der Waals surface area contributed by atoms with Gasteiger partial charge in [-0.1, -0.05) is 13.8 Å². The lowest BCUT2D eigenvalue weighted by Gasteiger charge is -2.21. The molecule has 0 atom stereocenters. The average Bonchev–Trinajstić information content (AvgIpc) is 3.05. The number of aliphatic hydroxyl groups excluding tert-OH is 1. The Morgan fingerprint density at radius 1 is 1.26 bits per heavy atom. The molecule has 128 valence electrons. The average molecular weight is 319 g/mol. The Bertz CT molecular complexity index is 490. The van der Waals surface area contributed by atoms with Crippen molar-refractivity contribution in [3.63, 3.8) is 0 Å². The normalized spacial score (nSPS) is 15.6. The minimum absolute atomic E-state index is 0.0563. The quantitative estimate of drug-likeness (QED) is 0.721. The smallest absolute Gasteiger partial charge is 0.251 e. The fraction of sp³-hybridized carbons (Fsp3) is 0.632. The summed E-state index contributed by atoms with van der Waals surface area (Å²) in [6, 6.07) is 7.39. The molecule has 0 spiro atoms. The Labute approximate surface area is 139 Å². The van der Waals surface area contributed by atoms with Crippen molar-refractivity contribution in [3.05, 3.63) is 29.8 Å². The Morgan fingerprint density at radius 3 is 2.52 bits per heavy atom. The first-order chi connectivity index (χ1) is 11.0. The summed E-state index contributed by atoms with van der Waals surface area (Å²) in [6.07, 6.45) is 6.85. The van der Waals surface area contributed by atoms with Crippen LogP contribution in [-0.2, 0) is 0 Å². The zero-order chi connectivity index (χ0) is 16.7. The molecule has 1 aliphatic rings. The van der Waals surface area contributed by atoms with Gasteiger partial charge >= 0.3 is 0 Å². The van der Waals surface area contributed by atoms with E-state index in [4.69, 9.17) is 4.74 Å². The molecule has 1 amide bonds. The van der Waals surface area contributed by atoms with Crippen molar-refractivity contribution in [3.8, 4) is 5.75 Å². The molecule has 1 aliphatic carbocycles. The summed E-state index contributed by atoms with van der Waals surface area (Å²) in [6.45, 7) is 4.85. The number of rotatable bonds is 8. The third kappa shape index (κ3) is 5.87. The number of ether oxygens (including phenoxy) is 1. The first-order valence-corrected chi connectivity index (χ1v) is 8.66. The zero-order valence-corrected chi connectivity index (χ0v) is 14.3. The van der Waals surface area contributed by atoms with Gasteiger partial charge in [0.25, 0.3) is 5.91 Å². The van der Waals surface area contributed by atoms with E-state index in [0.717, 1.165) is 31.4 Å². The number of carbonyl (C=O) groups is 1. The van der Waals surface area contributed by atoms with E-state index in [1.165, 1.54) is 12.8 Å². The maximum absolute atomic E-state index is 12.1. The summed E-state index contributed by atoms with van der Waals surface area (Å²) in [5.74, 6) is 0.789. The predicted molar refractivity (Wildman–Crippen MR) is 91.8 cm³/mol. The van der Waals surface area contributed by atoms with Crippen LogP contribution in [0, 0.1) is 5.41 Å². The van der Waals surface area contributed by atoms with Crippen LogP contribution in [0.4, 0.5) is 0 Å². The number of hydrogen-bond donors (Lipinski definition) is 2. The van der Waals surface area contributed by atoms with Crippen molar-refractivity contribution in [1.29, 1.82) is 0 Å². The van der Waals surface area contributed by atoms with Crippen molar-refractivity contribution in [2.24, 2.45) is 5.41 Å². The van der Waals surface area contributed by atoms with Gasteiger partial charge in [0.15, 0.2) is 0 Å². The van der Waals surface area contributed by atoms with Crippen LogP contribution in [0.3, 0.4) is 0 Å². The number of aliphatic hydroxyl groups is 1. The zero-order valence-electron chi connectivity index (χ0n) is 14.3. The number of benzene rings is 1.